The van der Waals surface area contributed by atoms with Crippen LogP contribution in [0.15, 0.2) is 42.5 Å². The molecule has 112 valence electrons. The van der Waals surface area contributed by atoms with E-state index < -0.39 is 0 Å². The molecule has 0 radical (unpaired) electrons. The van der Waals surface area contributed by atoms with E-state index in [0.29, 0.717) is 27.2 Å². The number of aromatic amines is 1. The van der Waals surface area contributed by atoms with Gasteiger partial charge in [-0.25, -0.2) is 0 Å². The molecule has 1 aromatic heterocycles. The number of para-hydroxylation sites is 1. The summed E-state index contributed by atoms with van der Waals surface area (Å²) in [6.45, 7) is 0. The lowest BCUT2D eigenvalue weighted by atomic mass is 10.2. The number of anilines is 1. The number of rotatable bonds is 3. The number of carbonyl (C=O) groups is 1. The predicted octanol–water partition coefficient (Wildman–Crippen LogP) is 4.74. The van der Waals surface area contributed by atoms with Gasteiger partial charge in [-0.05, 0) is 30.3 Å². The Morgan fingerprint density at radius 1 is 1.18 bits per heavy atom. The van der Waals surface area contributed by atoms with Gasteiger partial charge in [0.25, 0.3) is 5.91 Å². The van der Waals surface area contributed by atoms with E-state index in [-0.39, 0.29) is 5.91 Å². The predicted molar refractivity (Wildman–Crippen MR) is 89.3 cm³/mol. The highest BCUT2D eigenvalue weighted by molar-refractivity contribution is 6.35. The second kappa shape index (κ2) is 5.91. The lowest BCUT2D eigenvalue weighted by molar-refractivity contribution is 0.102. The number of fused-ring (bicyclic) bond motifs is 1. The van der Waals surface area contributed by atoms with Gasteiger partial charge >= 0.3 is 0 Å². The Bertz CT molecular complexity index is 858. The Morgan fingerprint density at radius 2 is 2.00 bits per heavy atom. The number of methoxy groups -OCH3 is 1. The number of amides is 1. The van der Waals surface area contributed by atoms with Crippen LogP contribution in [0.3, 0.4) is 0 Å². The molecular formula is C16H12Cl2N2O2. The molecule has 0 aliphatic carbocycles. The van der Waals surface area contributed by atoms with E-state index in [1.54, 1.807) is 30.3 Å². The zero-order valence-electron chi connectivity index (χ0n) is 11.6. The summed E-state index contributed by atoms with van der Waals surface area (Å²) < 4.78 is 5.21. The van der Waals surface area contributed by atoms with Crippen LogP contribution in [-0.4, -0.2) is 18.0 Å². The molecule has 0 aliphatic rings. The maximum atomic E-state index is 12.4. The standard InChI is InChI=1S/C16H12Cl2N2O2/c1-22-14-6-5-10(17)8-12(14)20-16(21)13-7-9-3-2-4-11(18)15(9)19-13/h2-8,19H,1H3,(H,20,21). The van der Waals surface area contributed by atoms with Crippen LogP contribution in [0, 0.1) is 0 Å². The minimum Gasteiger partial charge on any atom is -0.495 e. The van der Waals surface area contributed by atoms with Crippen molar-refractivity contribution in [3.63, 3.8) is 0 Å². The van der Waals surface area contributed by atoms with Crippen LogP contribution in [0.2, 0.25) is 10.0 Å². The molecule has 3 aromatic rings. The van der Waals surface area contributed by atoms with Gasteiger partial charge in [-0.2, -0.15) is 0 Å². The Balaban J connectivity index is 1.93. The van der Waals surface area contributed by atoms with E-state index in [1.807, 2.05) is 12.1 Å². The summed E-state index contributed by atoms with van der Waals surface area (Å²) in [5.74, 6) is 0.236. The van der Waals surface area contributed by atoms with Gasteiger partial charge in [0.1, 0.15) is 11.4 Å². The summed E-state index contributed by atoms with van der Waals surface area (Å²) >= 11 is 12.1. The van der Waals surface area contributed by atoms with E-state index in [0.717, 1.165) is 10.9 Å². The third kappa shape index (κ3) is 2.75. The summed E-state index contributed by atoms with van der Waals surface area (Å²) in [7, 11) is 1.53. The molecule has 3 rings (SSSR count). The first-order valence-electron chi connectivity index (χ1n) is 6.50. The number of benzene rings is 2. The van der Waals surface area contributed by atoms with Gasteiger partial charge in [-0.15, -0.1) is 0 Å². The van der Waals surface area contributed by atoms with E-state index in [1.165, 1.54) is 7.11 Å². The first kappa shape index (κ1) is 14.8. The quantitative estimate of drug-likeness (QED) is 0.727. The zero-order valence-corrected chi connectivity index (χ0v) is 13.1. The van der Waals surface area contributed by atoms with Crippen LogP contribution < -0.4 is 10.1 Å². The third-order valence-electron chi connectivity index (χ3n) is 3.26. The highest BCUT2D eigenvalue weighted by Crippen LogP contribution is 2.29. The second-order valence-electron chi connectivity index (χ2n) is 4.69. The maximum absolute atomic E-state index is 12.4. The Morgan fingerprint density at radius 3 is 2.73 bits per heavy atom. The van der Waals surface area contributed by atoms with E-state index in [4.69, 9.17) is 27.9 Å². The van der Waals surface area contributed by atoms with Crippen LogP contribution in [0.1, 0.15) is 10.5 Å². The van der Waals surface area contributed by atoms with Crippen molar-refractivity contribution in [2.45, 2.75) is 0 Å². The largest absolute Gasteiger partial charge is 0.495 e. The van der Waals surface area contributed by atoms with E-state index in [2.05, 4.69) is 10.3 Å². The maximum Gasteiger partial charge on any atom is 0.272 e. The van der Waals surface area contributed by atoms with Crippen molar-refractivity contribution in [3.8, 4) is 5.75 Å². The fourth-order valence-electron chi connectivity index (χ4n) is 2.21. The number of halogens is 2. The molecule has 0 fully saturated rings. The second-order valence-corrected chi connectivity index (χ2v) is 5.53. The van der Waals surface area contributed by atoms with Crippen molar-refractivity contribution >= 4 is 45.7 Å². The average Bonchev–Trinajstić information content (AvgIpc) is 2.93. The molecule has 6 heteroatoms. The molecule has 0 unspecified atom stereocenters. The first-order chi connectivity index (χ1) is 10.6. The summed E-state index contributed by atoms with van der Waals surface area (Å²) in [6.07, 6.45) is 0. The molecule has 2 aromatic carbocycles. The monoisotopic (exact) mass is 334 g/mol. The minimum atomic E-state index is -0.298. The molecular weight excluding hydrogens is 323 g/mol. The Labute approximate surface area is 137 Å². The lowest BCUT2D eigenvalue weighted by Crippen LogP contribution is -2.13. The molecule has 0 atom stereocenters. The minimum absolute atomic E-state index is 0.298. The smallest absolute Gasteiger partial charge is 0.272 e. The molecule has 0 spiro atoms. The number of hydrogen-bond donors (Lipinski definition) is 2. The zero-order chi connectivity index (χ0) is 15.7. The van der Waals surface area contributed by atoms with Crippen LogP contribution >= 0.6 is 23.2 Å². The molecule has 0 aliphatic heterocycles. The highest BCUT2D eigenvalue weighted by Gasteiger charge is 2.13. The number of nitrogens with one attached hydrogen (secondary N) is 2. The number of hydrogen-bond acceptors (Lipinski definition) is 2. The summed E-state index contributed by atoms with van der Waals surface area (Å²) in [4.78, 5) is 15.4. The fraction of sp³-hybridized carbons (Fsp3) is 0.0625. The summed E-state index contributed by atoms with van der Waals surface area (Å²) in [5.41, 5.74) is 1.64. The molecule has 2 N–H and O–H groups in total. The van der Waals surface area contributed by atoms with E-state index >= 15 is 0 Å². The van der Waals surface area contributed by atoms with Gasteiger partial charge in [0, 0.05) is 10.4 Å². The van der Waals surface area contributed by atoms with Gasteiger partial charge in [0.05, 0.1) is 23.3 Å². The summed E-state index contributed by atoms with van der Waals surface area (Å²) in [5, 5.41) is 4.72. The number of ether oxygens (including phenoxy) is 1. The number of aromatic nitrogens is 1. The number of H-pyrrole nitrogens is 1. The average molecular weight is 335 g/mol. The van der Waals surface area contributed by atoms with E-state index in [9.17, 15) is 4.79 Å². The van der Waals surface area contributed by atoms with Gasteiger partial charge in [-0.1, -0.05) is 35.3 Å². The normalized spacial score (nSPS) is 10.7. The molecule has 0 saturated heterocycles. The summed E-state index contributed by atoms with van der Waals surface area (Å²) in [6, 6.07) is 12.2. The van der Waals surface area contributed by atoms with Crippen LogP contribution in [-0.2, 0) is 0 Å². The third-order valence-corrected chi connectivity index (χ3v) is 3.81. The van der Waals surface area contributed by atoms with Gasteiger partial charge in [0.2, 0.25) is 0 Å². The van der Waals surface area contributed by atoms with Crippen LogP contribution in [0.4, 0.5) is 5.69 Å². The molecule has 1 heterocycles. The number of carbonyl (C=O) groups excluding carboxylic acids is 1. The van der Waals surface area contributed by atoms with Gasteiger partial charge < -0.3 is 15.0 Å². The molecule has 0 bridgehead atoms. The van der Waals surface area contributed by atoms with Gasteiger partial charge in [0.15, 0.2) is 0 Å². The molecule has 4 nitrogen and oxygen atoms in total. The van der Waals surface area contributed by atoms with Crippen LogP contribution in [0.5, 0.6) is 5.75 Å². The molecule has 1 amide bonds. The Kier molecular flexibility index (Phi) is 3.96. The molecule has 0 saturated carbocycles. The van der Waals surface area contributed by atoms with Crippen molar-refractivity contribution in [2.24, 2.45) is 0 Å². The highest BCUT2D eigenvalue weighted by atomic mass is 35.5. The van der Waals surface area contributed by atoms with Crippen molar-refractivity contribution in [3.05, 3.63) is 58.2 Å². The van der Waals surface area contributed by atoms with Gasteiger partial charge in [-0.3, -0.25) is 4.79 Å². The molecule has 22 heavy (non-hydrogen) atoms. The fourth-order valence-corrected chi connectivity index (χ4v) is 2.61. The first-order valence-corrected chi connectivity index (χ1v) is 7.26. The van der Waals surface area contributed by atoms with Crippen molar-refractivity contribution in [1.82, 2.24) is 4.98 Å². The van der Waals surface area contributed by atoms with Crippen molar-refractivity contribution in [1.29, 1.82) is 0 Å². The van der Waals surface area contributed by atoms with Crippen LogP contribution in [0.25, 0.3) is 10.9 Å². The van der Waals surface area contributed by atoms with Crippen molar-refractivity contribution < 1.29 is 9.53 Å². The topological polar surface area (TPSA) is 54.1 Å². The Hall–Kier alpha value is -2.17. The SMILES string of the molecule is COc1ccc(Cl)cc1NC(=O)c1cc2cccc(Cl)c2[nH]1. The lowest BCUT2D eigenvalue weighted by Gasteiger charge is -2.09. The van der Waals surface area contributed by atoms with Crippen molar-refractivity contribution in [2.75, 3.05) is 12.4 Å².